The lowest BCUT2D eigenvalue weighted by Crippen LogP contribution is -2.50. The number of halogens is 1. The summed E-state index contributed by atoms with van der Waals surface area (Å²) >= 11 is 0. The molecule has 0 atom stereocenters. The minimum atomic E-state index is -0.867. The zero-order chi connectivity index (χ0) is 24.9. The van der Waals surface area contributed by atoms with E-state index in [0.29, 0.717) is 35.8 Å². The van der Waals surface area contributed by atoms with E-state index in [0.717, 1.165) is 10.5 Å². The number of hydrogen-bond acceptors (Lipinski definition) is 6. The van der Waals surface area contributed by atoms with E-state index in [9.17, 15) is 18.8 Å². The fourth-order valence-corrected chi connectivity index (χ4v) is 3.61. The number of nitrogens with one attached hydrogen (secondary N) is 1. The topological polar surface area (TPSA) is 110 Å². The maximum atomic E-state index is 13.2. The molecule has 2 aliphatic rings. The summed E-state index contributed by atoms with van der Waals surface area (Å²) in [7, 11) is 0. The largest absolute Gasteiger partial charge is 0.490 e. The third-order valence-electron chi connectivity index (χ3n) is 5.24. The van der Waals surface area contributed by atoms with Gasteiger partial charge in [0.25, 0.3) is 5.91 Å². The van der Waals surface area contributed by atoms with Crippen molar-refractivity contribution in [3.8, 4) is 11.5 Å². The Morgan fingerprint density at radius 2 is 1.71 bits per heavy atom. The van der Waals surface area contributed by atoms with E-state index in [4.69, 9.17) is 9.47 Å². The Bertz CT molecular complexity index is 1270. The van der Waals surface area contributed by atoms with Crippen LogP contribution >= 0.6 is 0 Å². The highest BCUT2D eigenvalue weighted by molar-refractivity contribution is 6.78. The van der Waals surface area contributed by atoms with Gasteiger partial charge < -0.3 is 14.8 Å². The van der Waals surface area contributed by atoms with Crippen LogP contribution in [-0.4, -0.2) is 53.9 Å². The maximum absolute atomic E-state index is 13.2. The second kappa shape index (κ2) is 10.3. The molecule has 10 heteroatoms. The van der Waals surface area contributed by atoms with E-state index in [1.54, 1.807) is 18.2 Å². The Morgan fingerprint density at radius 1 is 1.00 bits per heavy atom. The third kappa shape index (κ3) is 5.11. The zero-order valence-electron chi connectivity index (χ0n) is 19.2. The molecule has 0 fully saturated rings. The Hall–Kier alpha value is -4.34. The predicted octanol–water partition coefficient (Wildman–Crippen LogP) is 3.14. The van der Waals surface area contributed by atoms with Crippen LogP contribution in [-0.2, 0) is 16.1 Å². The fourth-order valence-electron chi connectivity index (χ4n) is 3.61. The molecular weight excluding hydrogens is 455 g/mol. The van der Waals surface area contributed by atoms with Crippen LogP contribution in [0.1, 0.15) is 25.0 Å². The quantitative estimate of drug-likeness (QED) is 0.596. The van der Waals surface area contributed by atoms with Gasteiger partial charge in [0.2, 0.25) is 5.91 Å². The van der Waals surface area contributed by atoms with Gasteiger partial charge in [-0.3, -0.25) is 9.59 Å². The van der Waals surface area contributed by atoms with Crippen molar-refractivity contribution in [2.45, 2.75) is 20.4 Å². The summed E-state index contributed by atoms with van der Waals surface area (Å²) in [6.45, 7) is 4.33. The van der Waals surface area contributed by atoms with Crippen molar-refractivity contribution in [3.63, 3.8) is 0 Å². The van der Waals surface area contributed by atoms with Gasteiger partial charge in [0.15, 0.2) is 17.2 Å². The second-order valence-corrected chi connectivity index (χ2v) is 7.59. The number of imide groups is 1. The molecule has 4 amide bonds. The van der Waals surface area contributed by atoms with Crippen LogP contribution in [0.15, 0.2) is 58.6 Å². The smallest absolute Gasteiger partial charge is 0.351 e. The molecule has 180 valence electrons. The van der Waals surface area contributed by atoms with Gasteiger partial charge in [-0.2, -0.15) is 4.99 Å². The predicted molar refractivity (Wildman–Crippen MR) is 127 cm³/mol. The van der Waals surface area contributed by atoms with Crippen molar-refractivity contribution >= 4 is 34.8 Å². The number of allylic oxidation sites excluding steroid dienone is 1. The standard InChI is InChI=1S/C25H23FN4O5/c1-3-34-19-10-5-15(11-20(19)35-4-2)12-27-21(31)14-30-24(32)23-22(29-25(30)33)18(13-28-23)16-6-8-17(26)9-7-16/h5-11,13H,3-4,12,14H2,1-2H3,(H,27,31). The van der Waals surface area contributed by atoms with Gasteiger partial charge in [-0.25, -0.2) is 19.1 Å². The first-order valence-corrected chi connectivity index (χ1v) is 11.1. The summed E-state index contributed by atoms with van der Waals surface area (Å²) in [5.41, 5.74) is 1.84. The van der Waals surface area contributed by atoms with Crippen molar-refractivity contribution < 1.29 is 28.2 Å². The highest BCUT2D eigenvalue weighted by Crippen LogP contribution is 2.29. The molecule has 4 rings (SSSR count). The summed E-state index contributed by atoms with van der Waals surface area (Å²) in [4.78, 5) is 46.7. The molecule has 2 heterocycles. The van der Waals surface area contributed by atoms with Crippen LogP contribution in [0.5, 0.6) is 11.5 Å². The molecular formula is C25H23FN4O5. The SMILES string of the molecule is CCOc1ccc(CNC(=O)CN2C(=O)N=C3C(c4ccc(F)cc4)=CN=C3C2=O)cc1OCC. The summed E-state index contributed by atoms with van der Waals surface area (Å²) < 4.78 is 24.4. The average molecular weight is 478 g/mol. The highest BCUT2D eigenvalue weighted by atomic mass is 19.1. The van der Waals surface area contributed by atoms with Gasteiger partial charge in [0, 0.05) is 18.3 Å². The van der Waals surface area contributed by atoms with Crippen LogP contribution in [0.4, 0.5) is 9.18 Å². The number of benzene rings is 2. The second-order valence-electron chi connectivity index (χ2n) is 7.59. The molecule has 2 aromatic rings. The lowest BCUT2D eigenvalue weighted by molar-refractivity contribution is -0.128. The lowest BCUT2D eigenvalue weighted by Gasteiger charge is -2.23. The Morgan fingerprint density at radius 3 is 2.43 bits per heavy atom. The molecule has 2 aromatic carbocycles. The van der Waals surface area contributed by atoms with Gasteiger partial charge in [0.1, 0.15) is 18.1 Å². The van der Waals surface area contributed by atoms with Gasteiger partial charge >= 0.3 is 6.03 Å². The normalized spacial score (nSPS) is 14.7. The molecule has 2 aliphatic heterocycles. The first-order valence-electron chi connectivity index (χ1n) is 11.1. The molecule has 0 aliphatic carbocycles. The Labute approximate surface area is 201 Å². The fraction of sp³-hybridized carbons (Fsp3) is 0.240. The number of carbonyl (C=O) groups is 3. The molecule has 0 saturated heterocycles. The van der Waals surface area contributed by atoms with Crippen molar-refractivity contribution in [3.05, 3.63) is 65.6 Å². The van der Waals surface area contributed by atoms with E-state index in [2.05, 4.69) is 15.3 Å². The number of nitrogens with zero attached hydrogens (tertiary/aromatic N) is 3. The Kier molecular flexibility index (Phi) is 7.00. The molecule has 35 heavy (non-hydrogen) atoms. The van der Waals surface area contributed by atoms with Crippen LogP contribution in [0.3, 0.4) is 0 Å². The van der Waals surface area contributed by atoms with Crippen molar-refractivity contribution in [2.75, 3.05) is 19.8 Å². The van der Waals surface area contributed by atoms with Crippen LogP contribution < -0.4 is 14.8 Å². The van der Waals surface area contributed by atoms with Crippen molar-refractivity contribution in [1.82, 2.24) is 10.2 Å². The minimum absolute atomic E-state index is 0.0374. The molecule has 0 spiro atoms. The van der Waals surface area contributed by atoms with Crippen molar-refractivity contribution in [2.24, 2.45) is 9.98 Å². The monoisotopic (exact) mass is 478 g/mol. The minimum Gasteiger partial charge on any atom is -0.490 e. The van der Waals surface area contributed by atoms with E-state index < -0.39 is 30.2 Å². The van der Waals surface area contributed by atoms with Gasteiger partial charge in [0.05, 0.1) is 13.2 Å². The number of rotatable bonds is 9. The van der Waals surface area contributed by atoms with Crippen molar-refractivity contribution in [1.29, 1.82) is 0 Å². The number of ether oxygens (including phenoxy) is 2. The van der Waals surface area contributed by atoms with Gasteiger partial charge in [-0.05, 0) is 49.2 Å². The van der Waals surface area contributed by atoms with E-state index >= 15 is 0 Å². The molecule has 9 nitrogen and oxygen atoms in total. The average Bonchev–Trinajstić information content (AvgIpc) is 3.26. The molecule has 0 aromatic heterocycles. The molecule has 1 N–H and O–H groups in total. The summed E-state index contributed by atoms with van der Waals surface area (Å²) in [6, 6.07) is 9.99. The molecule has 0 unspecified atom stereocenters. The summed E-state index contributed by atoms with van der Waals surface area (Å²) in [6.07, 6.45) is 1.40. The molecule has 0 bridgehead atoms. The number of carbonyl (C=O) groups excluding carboxylic acids is 3. The number of aliphatic imine (C=N–C) groups is 2. The van der Waals surface area contributed by atoms with Crippen LogP contribution in [0.2, 0.25) is 0 Å². The van der Waals surface area contributed by atoms with E-state index in [1.165, 1.54) is 30.5 Å². The van der Waals surface area contributed by atoms with Gasteiger partial charge in [-0.15, -0.1) is 0 Å². The summed E-state index contributed by atoms with van der Waals surface area (Å²) in [5.74, 6) is -0.505. The van der Waals surface area contributed by atoms with Crippen LogP contribution in [0, 0.1) is 5.82 Å². The molecule has 0 radical (unpaired) electrons. The third-order valence-corrected chi connectivity index (χ3v) is 5.24. The first-order chi connectivity index (χ1) is 16.9. The number of fused-ring (bicyclic) bond motifs is 1. The lowest BCUT2D eigenvalue weighted by atomic mass is 9.99. The number of hydrogen-bond donors (Lipinski definition) is 1. The number of urea groups is 1. The summed E-state index contributed by atoms with van der Waals surface area (Å²) in [5, 5.41) is 2.69. The van der Waals surface area contributed by atoms with Crippen LogP contribution in [0.25, 0.3) is 5.57 Å². The molecule has 0 saturated carbocycles. The highest BCUT2D eigenvalue weighted by Gasteiger charge is 2.38. The van der Waals surface area contributed by atoms with E-state index in [1.807, 2.05) is 13.8 Å². The Balaban J connectivity index is 1.41. The number of amides is 4. The zero-order valence-corrected chi connectivity index (χ0v) is 19.2. The first kappa shape index (κ1) is 23.8. The van der Waals surface area contributed by atoms with Gasteiger partial charge in [-0.1, -0.05) is 18.2 Å². The van der Waals surface area contributed by atoms with E-state index in [-0.39, 0.29) is 18.0 Å². The maximum Gasteiger partial charge on any atom is 0.351 e.